The molecule has 0 bridgehead atoms. The molecule has 2 rings (SSSR count). The molecule has 1 heterocycles. The first-order valence-electron chi connectivity index (χ1n) is 6.19. The molecule has 1 unspecified atom stereocenters. The molecular weight excluding hydrogens is 280 g/mol. The molecule has 0 aliphatic rings. The molecule has 1 aromatic carbocycles. The van der Waals surface area contributed by atoms with Crippen molar-refractivity contribution in [3.63, 3.8) is 0 Å². The van der Waals surface area contributed by atoms with Gasteiger partial charge in [0.2, 0.25) is 5.52 Å². The third-order valence-electron chi connectivity index (χ3n) is 3.02. The second-order valence-corrected chi connectivity index (χ2v) is 4.74. The molecule has 0 radical (unpaired) electrons. The monoisotopic (exact) mass is 294 g/mol. The Kier molecular flexibility index (Phi) is 4.01. The van der Waals surface area contributed by atoms with E-state index in [0.29, 0.717) is 5.69 Å². The SMILES string of the molecule is COC(=O)C(Nc1ccc([N+](=O)[O-])c2nonc12)C(C)C. The summed E-state index contributed by atoms with van der Waals surface area (Å²) in [6, 6.07) is 2.13. The summed E-state index contributed by atoms with van der Waals surface area (Å²) in [4.78, 5) is 22.1. The molecule has 1 aromatic heterocycles. The minimum atomic E-state index is -0.614. The smallest absolute Gasteiger partial charge is 0.328 e. The first-order valence-corrected chi connectivity index (χ1v) is 6.19. The average molecular weight is 294 g/mol. The predicted molar refractivity (Wildman–Crippen MR) is 72.7 cm³/mol. The molecular formula is C12H14N4O5. The van der Waals surface area contributed by atoms with E-state index >= 15 is 0 Å². The summed E-state index contributed by atoms with van der Waals surface area (Å²) in [6.45, 7) is 3.69. The first-order chi connectivity index (χ1) is 9.95. The molecule has 0 fully saturated rings. The Bertz CT molecular complexity index is 681. The van der Waals surface area contributed by atoms with Crippen molar-refractivity contribution in [2.24, 2.45) is 5.92 Å². The van der Waals surface area contributed by atoms with Gasteiger partial charge in [0.1, 0.15) is 6.04 Å². The number of ether oxygens (including phenoxy) is 1. The summed E-state index contributed by atoms with van der Waals surface area (Å²) in [6.07, 6.45) is 0. The quantitative estimate of drug-likeness (QED) is 0.503. The van der Waals surface area contributed by atoms with Crippen LogP contribution in [0.15, 0.2) is 16.8 Å². The highest BCUT2D eigenvalue weighted by atomic mass is 16.6. The number of rotatable bonds is 5. The van der Waals surface area contributed by atoms with Gasteiger partial charge in [-0.25, -0.2) is 9.42 Å². The Labute approximate surface area is 119 Å². The molecule has 0 saturated heterocycles. The van der Waals surface area contributed by atoms with E-state index in [1.165, 1.54) is 19.2 Å². The van der Waals surface area contributed by atoms with Gasteiger partial charge in [0, 0.05) is 6.07 Å². The van der Waals surface area contributed by atoms with Crippen molar-refractivity contribution in [1.29, 1.82) is 0 Å². The van der Waals surface area contributed by atoms with Gasteiger partial charge in [-0.05, 0) is 22.3 Å². The summed E-state index contributed by atoms with van der Waals surface area (Å²) in [5, 5.41) is 21.1. The fourth-order valence-electron chi connectivity index (χ4n) is 1.91. The molecule has 1 atom stereocenters. The third kappa shape index (κ3) is 2.76. The zero-order valence-corrected chi connectivity index (χ0v) is 11.7. The number of nitro benzene ring substituents is 1. The van der Waals surface area contributed by atoms with E-state index < -0.39 is 16.9 Å². The Morgan fingerprint density at radius 1 is 1.38 bits per heavy atom. The number of esters is 1. The lowest BCUT2D eigenvalue weighted by Gasteiger charge is -2.20. The first kappa shape index (κ1) is 14.7. The average Bonchev–Trinajstić information content (AvgIpc) is 2.92. The van der Waals surface area contributed by atoms with Crippen LogP contribution < -0.4 is 5.32 Å². The van der Waals surface area contributed by atoms with Crippen LogP contribution in [0.4, 0.5) is 11.4 Å². The number of fused-ring (bicyclic) bond motifs is 1. The van der Waals surface area contributed by atoms with Crippen molar-refractivity contribution in [1.82, 2.24) is 10.3 Å². The molecule has 0 aliphatic carbocycles. The lowest BCUT2D eigenvalue weighted by molar-refractivity contribution is -0.383. The third-order valence-corrected chi connectivity index (χ3v) is 3.02. The number of non-ortho nitro benzene ring substituents is 1. The number of benzene rings is 1. The van der Waals surface area contributed by atoms with Gasteiger partial charge >= 0.3 is 11.7 Å². The normalized spacial score (nSPS) is 12.4. The van der Waals surface area contributed by atoms with E-state index in [2.05, 4.69) is 20.3 Å². The van der Waals surface area contributed by atoms with E-state index in [1.807, 2.05) is 13.8 Å². The minimum Gasteiger partial charge on any atom is -0.467 e. The van der Waals surface area contributed by atoms with Crippen LogP contribution in [0.1, 0.15) is 13.8 Å². The number of methoxy groups -OCH3 is 1. The molecule has 0 spiro atoms. The van der Waals surface area contributed by atoms with E-state index in [0.717, 1.165) is 0 Å². The van der Waals surface area contributed by atoms with Crippen molar-refractivity contribution in [3.05, 3.63) is 22.2 Å². The lowest BCUT2D eigenvalue weighted by Crippen LogP contribution is -2.35. The maximum absolute atomic E-state index is 11.8. The molecule has 0 amide bonds. The number of nitrogens with one attached hydrogen (secondary N) is 1. The molecule has 21 heavy (non-hydrogen) atoms. The molecule has 2 aromatic rings. The van der Waals surface area contributed by atoms with Gasteiger partial charge in [0.15, 0.2) is 5.52 Å². The molecule has 9 heteroatoms. The number of carbonyl (C=O) groups excluding carboxylic acids is 1. The van der Waals surface area contributed by atoms with Gasteiger partial charge in [-0.3, -0.25) is 10.1 Å². The van der Waals surface area contributed by atoms with E-state index in [1.54, 1.807) is 0 Å². The Morgan fingerprint density at radius 2 is 2.05 bits per heavy atom. The molecule has 0 aliphatic heterocycles. The summed E-state index contributed by atoms with van der Waals surface area (Å²) in [5.74, 6) is -0.490. The second-order valence-electron chi connectivity index (χ2n) is 4.74. The fourth-order valence-corrected chi connectivity index (χ4v) is 1.91. The van der Waals surface area contributed by atoms with Crippen LogP contribution in [-0.2, 0) is 9.53 Å². The Hall–Kier alpha value is -2.71. The maximum atomic E-state index is 11.8. The second kappa shape index (κ2) is 5.73. The highest BCUT2D eigenvalue weighted by Crippen LogP contribution is 2.29. The van der Waals surface area contributed by atoms with Gasteiger partial charge < -0.3 is 10.1 Å². The van der Waals surface area contributed by atoms with Crippen LogP contribution in [0.2, 0.25) is 0 Å². The van der Waals surface area contributed by atoms with Gasteiger partial charge in [-0.15, -0.1) is 0 Å². The number of aromatic nitrogens is 2. The van der Waals surface area contributed by atoms with Gasteiger partial charge in [-0.2, -0.15) is 0 Å². The van der Waals surface area contributed by atoms with Crippen LogP contribution in [0.3, 0.4) is 0 Å². The van der Waals surface area contributed by atoms with E-state index in [-0.39, 0.29) is 22.6 Å². The lowest BCUT2D eigenvalue weighted by atomic mass is 10.0. The Morgan fingerprint density at radius 3 is 2.62 bits per heavy atom. The summed E-state index contributed by atoms with van der Waals surface area (Å²) in [7, 11) is 1.29. The minimum absolute atomic E-state index is 0.0253. The van der Waals surface area contributed by atoms with Crippen LogP contribution >= 0.6 is 0 Å². The number of anilines is 1. The molecule has 1 N–H and O–H groups in total. The van der Waals surface area contributed by atoms with E-state index in [4.69, 9.17) is 4.74 Å². The number of nitrogens with zero attached hydrogens (tertiary/aromatic N) is 3. The summed E-state index contributed by atoms with van der Waals surface area (Å²) >= 11 is 0. The fraction of sp³-hybridized carbons (Fsp3) is 0.417. The van der Waals surface area contributed by atoms with Crippen molar-refractivity contribution >= 4 is 28.4 Å². The van der Waals surface area contributed by atoms with E-state index in [9.17, 15) is 14.9 Å². The number of carbonyl (C=O) groups is 1. The topological polar surface area (TPSA) is 120 Å². The zero-order chi connectivity index (χ0) is 15.6. The zero-order valence-electron chi connectivity index (χ0n) is 11.7. The van der Waals surface area contributed by atoms with Crippen molar-refractivity contribution in [2.45, 2.75) is 19.9 Å². The molecule has 112 valence electrons. The summed E-state index contributed by atoms with van der Waals surface area (Å²) < 4.78 is 9.30. The van der Waals surface area contributed by atoms with Gasteiger partial charge in [0.05, 0.1) is 17.7 Å². The van der Waals surface area contributed by atoms with Crippen LogP contribution in [-0.4, -0.2) is 34.4 Å². The highest BCUT2D eigenvalue weighted by molar-refractivity contribution is 5.94. The van der Waals surface area contributed by atoms with Crippen LogP contribution in [0, 0.1) is 16.0 Å². The largest absolute Gasteiger partial charge is 0.467 e. The number of hydrogen-bond acceptors (Lipinski definition) is 8. The Balaban J connectivity index is 2.43. The number of hydrogen-bond donors (Lipinski definition) is 1. The van der Waals surface area contributed by atoms with Crippen LogP contribution in [0.5, 0.6) is 0 Å². The summed E-state index contributed by atoms with van der Waals surface area (Å²) in [5.41, 5.74) is 0.424. The highest BCUT2D eigenvalue weighted by Gasteiger charge is 2.26. The van der Waals surface area contributed by atoms with Crippen LogP contribution in [0.25, 0.3) is 11.0 Å². The predicted octanol–water partition coefficient (Wildman–Crippen LogP) is 1.74. The maximum Gasteiger partial charge on any atom is 0.328 e. The molecule has 0 saturated carbocycles. The standard InChI is InChI=1S/C12H14N4O5/c1-6(2)9(12(17)20-3)13-7-4-5-8(16(18)19)11-10(7)14-21-15-11/h4-6,9,13H,1-3H3. The van der Waals surface area contributed by atoms with Crippen molar-refractivity contribution < 1.29 is 19.1 Å². The van der Waals surface area contributed by atoms with Crippen molar-refractivity contribution in [3.8, 4) is 0 Å². The molecule has 9 nitrogen and oxygen atoms in total. The van der Waals surface area contributed by atoms with Crippen molar-refractivity contribution in [2.75, 3.05) is 12.4 Å². The van der Waals surface area contributed by atoms with Gasteiger partial charge in [0.25, 0.3) is 0 Å². The van der Waals surface area contributed by atoms with Gasteiger partial charge in [-0.1, -0.05) is 13.8 Å². The number of nitro groups is 1.